The van der Waals surface area contributed by atoms with Gasteiger partial charge < -0.3 is 15.0 Å². The summed E-state index contributed by atoms with van der Waals surface area (Å²) in [6, 6.07) is 14.8. The second kappa shape index (κ2) is 9.57. The summed E-state index contributed by atoms with van der Waals surface area (Å²) in [6.07, 6.45) is 2.00. The molecule has 2 unspecified atom stereocenters. The lowest BCUT2D eigenvalue weighted by molar-refractivity contribution is -0.0502. The van der Waals surface area contributed by atoms with Gasteiger partial charge in [-0.1, -0.05) is 48.0 Å². The van der Waals surface area contributed by atoms with Gasteiger partial charge in [-0.2, -0.15) is 0 Å². The highest BCUT2D eigenvalue weighted by Gasteiger charge is 2.41. The number of fused-ring (bicyclic) bond motifs is 1. The lowest BCUT2D eigenvalue weighted by atomic mass is 10.1. The lowest BCUT2D eigenvalue weighted by Gasteiger charge is -2.36. The average Bonchev–Trinajstić information content (AvgIpc) is 3.18. The van der Waals surface area contributed by atoms with Crippen LogP contribution in [0.25, 0.3) is 0 Å². The van der Waals surface area contributed by atoms with Crippen LogP contribution in [0.15, 0.2) is 53.7 Å². The first-order valence-corrected chi connectivity index (χ1v) is 10.6. The van der Waals surface area contributed by atoms with Crippen LogP contribution in [0, 0.1) is 0 Å². The molecule has 154 valence electrons. The third kappa shape index (κ3) is 5.07. The molecule has 29 heavy (non-hydrogen) atoms. The molecular weight excluding hydrogens is 386 g/mol. The molecule has 0 aliphatic carbocycles. The Bertz CT molecular complexity index is 814. The summed E-state index contributed by atoms with van der Waals surface area (Å²) in [5, 5.41) is 3.94. The molecule has 1 aromatic carbocycles. The molecule has 0 spiro atoms. The summed E-state index contributed by atoms with van der Waals surface area (Å²) in [6.45, 7) is 8.00. The number of likely N-dealkylation sites (tertiary alicyclic amines) is 1. The van der Waals surface area contributed by atoms with E-state index in [1.165, 1.54) is 5.56 Å². The number of benzene rings is 1. The van der Waals surface area contributed by atoms with Crippen LogP contribution in [0.2, 0.25) is 5.15 Å². The van der Waals surface area contributed by atoms with Gasteiger partial charge in [-0.25, -0.2) is 9.98 Å². The number of nitrogens with one attached hydrogen (secondary N) is 1. The Morgan fingerprint density at radius 1 is 1.21 bits per heavy atom. The van der Waals surface area contributed by atoms with Gasteiger partial charge in [0.1, 0.15) is 5.15 Å². The van der Waals surface area contributed by atoms with E-state index in [0.29, 0.717) is 17.7 Å². The molecule has 2 aliphatic rings. The zero-order valence-electron chi connectivity index (χ0n) is 16.8. The van der Waals surface area contributed by atoms with Gasteiger partial charge in [0.25, 0.3) is 0 Å². The van der Waals surface area contributed by atoms with E-state index < -0.39 is 0 Å². The molecule has 4 rings (SSSR count). The van der Waals surface area contributed by atoms with Crippen molar-refractivity contribution in [2.24, 2.45) is 4.99 Å². The summed E-state index contributed by atoms with van der Waals surface area (Å²) in [7, 11) is 0. The Balaban J connectivity index is 1.44. The minimum atomic E-state index is 0.216. The molecule has 2 atom stereocenters. The molecule has 0 amide bonds. The first kappa shape index (κ1) is 20.1. The number of rotatable bonds is 5. The van der Waals surface area contributed by atoms with Crippen LogP contribution in [0.3, 0.4) is 0 Å². The summed E-state index contributed by atoms with van der Waals surface area (Å²) in [4.78, 5) is 13.9. The number of hydrogen-bond donors (Lipinski definition) is 1. The van der Waals surface area contributed by atoms with Gasteiger partial charge in [0.2, 0.25) is 0 Å². The smallest absolute Gasteiger partial charge is 0.194 e. The van der Waals surface area contributed by atoms with Crippen LogP contribution in [0.5, 0.6) is 0 Å². The standard InChI is InChI=1S/C22H28ClN5O/c1-2-24-22(26-13-18-8-9-21(23)25-12-18)28-15-19-20(16-28)29-11-10-27(19)14-17-6-4-3-5-7-17/h3-9,12,19-20H,2,10-11,13-16H2,1H3,(H,24,26). The Labute approximate surface area is 177 Å². The topological polar surface area (TPSA) is 53.0 Å². The third-order valence-electron chi connectivity index (χ3n) is 5.48. The number of guanidine groups is 1. The van der Waals surface area contributed by atoms with Crippen LogP contribution >= 0.6 is 11.6 Å². The largest absolute Gasteiger partial charge is 0.373 e. The van der Waals surface area contributed by atoms with Crippen molar-refractivity contribution in [3.63, 3.8) is 0 Å². The molecule has 2 aromatic rings. The lowest BCUT2D eigenvalue weighted by Crippen LogP contribution is -2.50. The number of halogens is 1. The number of ether oxygens (including phenoxy) is 1. The van der Waals surface area contributed by atoms with E-state index in [4.69, 9.17) is 21.3 Å². The van der Waals surface area contributed by atoms with Gasteiger partial charge in [-0.05, 0) is 24.1 Å². The highest BCUT2D eigenvalue weighted by atomic mass is 35.5. The van der Waals surface area contributed by atoms with Gasteiger partial charge in [0, 0.05) is 38.9 Å². The van der Waals surface area contributed by atoms with Gasteiger partial charge in [0.15, 0.2) is 5.96 Å². The number of aromatic nitrogens is 1. The van der Waals surface area contributed by atoms with Crippen molar-refractivity contribution in [3.8, 4) is 0 Å². The van der Waals surface area contributed by atoms with Gasteiger partial charge in [0.05, 0.1) is 25.3 Å². The van der Waals surface area contributed by atoms with Crippen molar-refractivity contribution in [2.75, 3.05) is 32.8 Å². The van der Waals surface area contributed by atoms with Crippen molar-refractivity contribution in [1.82, 2.24) is 20.1 Å². The number of morpholine rings is 1. The van der Waals surface area contributed by atoms with E-state index in [9.17, 15) is 0 Å². The molecule has 3 heterocycles. The summed E-state index contributed by atoms with van der Waals surface area (Å²) >= 11 is 5.88. The zero-order valence-corrected chi connectivity index (χ0v) is 17.6. The van der Waals surface area contributed by atoms with Crippen molar-refractivity contribution in [3.05, 3.63) is 64.9 Å². The monoisotopic (exact) mass is 413 g/mol. The van der Waals surface area contributed by atoms with Crippen molar-refractivity contribution < 1.29 is 4.74 Å². The fourth-order valence-electron chi connectivity index (χ4n) is 4.04. The minimum absolute atomic E-state index is 0.216. The van der Waals surface area contributed by atoms with Crippen LogP contribution in [0.1, 0.15) is 18.1 Å². The Hall–Kier alpha value is -2.15. The van der Waals surface area contributed by atoms with Crippen LogP contribution in [-0.2, 0) is 17.8 Å². The molecule has 1 N–H and O–H groups in total. The number of aliphatic imine (C=N–C) groups is 1. The van der Waals surface area contributed by atoms with Crippen LogP contribution in [0.4, 0.5) is 0 Å². The summed E-state index contributed by atoms with van der Waals surface area (Å²) in [5.41, 5.74) is 2.39. The fraction of sp³-hybridized carbons (Fsp3) is 0.455. The van der Waals surface area contributed by atoms with Gasteiger partial charge >= 0.3 is 0 Å². The van der Waals surface area contributed by atoms with Gasteiger partial charge in [-0.15, -0.1) is 0 Å². The normalized spacial score (nSPS) is 22.6. The number of pyridine rings is 1. The predicted molar refractivity (Wildman–Crippen MR) is 116 cm³/mol. The first-order chi connectivity index (χ1) is 14.2. The van der Waals surface area contributed by atoms with E-state index in [1.54, 1.807) is 12.3 Å². The van der Waals surface area contributed by atoms with E-state index in [0.717, 1.165) is 50.9 Å². The van der Waals surface area contributed by atoms with Crippen LogP contribution < -0.4 is 5.32 Å². The Kier molecular flexibility index (Phi) is 6.64. The van der Waals surface area contributed by atoms with E-state index >= 15 is 0 Å². The van der Waals surface area contributed by atoms with E-state index in [-0.39, 0.29) is 6.10 Å². The Morgan fingerprint density at radius 3 is 2.83 bits per heavy atom. The minimum Gasteiger partial charge on any atom is -0.373 e. The molecule has 2 aliphatic heterocycles. The highest BCUT2D eigenvalue weighted by Crippen LogP contribution is 2.24. The summed E-state index contributed by atoms with van der Waals surface area (Å²) < 4.78 is 6.11. The SMILES string of the molecule is CCNC(=NCc1ccc(Cl)nc1)N1CC2OCCN(Cc3ccccc3)C2C1. The van der Waals surface area contributed by atoms with Gasteiger partial charge in [-0.3, -0.25) is 4.90 Å². The van der Waals surface area contributed by atoms with Crippen molar-refractivity contribution in [2.45, 2.75) is 32.2 Å². The average molecular weight is 414 g/mol. The maximum Gasteiger partial charge on any atom is 0.194 e. The number of hydrogen-bond acceptors (Lipinski definition) is 4. The number of nitrogens with zero attached hydrogens (tertiary/aromatic N) is 4. The van der Waals surface area contributed by atoms with E-state index in [1.807, 2.05) is 6.07 Å². The molecule has 7 heteroatoms. The molecule has 0 radical (unpaired) electrons. The third-order valence-corrected chi connectivity index (χ3v) is 5.70. The quantitative estimate of drug-likeness (QED) is 0.464. The molecular formula is C22H28ClN5O. The second-order valence-electron chi connectivity index (χ2n) is 7.50. The molecule has 0 saturated carbocycles. The first-order valence-electron chi connectivity index (χ1n) is 10.3. The van der Waals surface area contributed by atoms with Crippen LogP contribution in [-0.4, -0.2) is 65.7 Å². The highest BCUT2D eigenvalue weighted by molar-refractivity contribution is 6.29. The summed E-state index contributed by atoms with van der Waals surface area (Å²) in [5.74, 6) is 0.931. The molecule has 2 fully saturated rings. The maximum absolute atomic E-state index is 6.11. The van der Waals surface area contributed by atoms with Crippen molar-refractivity contribution >= 4 is 17.6 Å². The zero-order chi connectivity index (χ0) is 20.1. The van der Waals surface area contributed by atoms with Crippen molar-refractivity contribution in [1.29, 1.82) is 0 Å². The fourth-order valence-corrected chi connectivity index (χ4v) is 4.15. The molecule has 6 nitrogen and oxygen atoms in total. The molecule has 0 bridgehead atoms. The molecule has 2 saturated heterocycles. The maximum atomic E-state index is 6.11. The second-order valence-corrected chi connectivity index (χ2v) is 7.88. The van der Waals surface area contributed by atoms with E-state index in [2.05, 4.69) is 57.4 Å². The predicted octanol–water partition coefficient (Wildman–Crippen LogP) is 2.79. The Morgan fingerprint density at radius 2 is 2.07 bits per heavy atom. The molecule has 1 aromatic heterocycles.